The van der Waals surface area contributed by atoms with Crippen molar-refractivity contribution in [1.29, 1.82) is 0 Å². The number of likely N-dealkylation sites (tertiary alicyclic amines) is 1. The zero-order chi connectivity index (χ0) is 22.1. The number of carbonyl (C=O) groups is 1. The lowest BCUT2D eigenvalue weighted by Crippen LogP contribution is -2.44. The van der Waals surface area contributed by atoms with Crippen LogP contribution in [-0.2, 0) is 4.79 Å². The van der Waals surface area contributed by atoms with Crippen molar-refractivity contribution in [1.82, 2.24) is 34.8 Å². The van der Waals surface area contributed by atoms with Gasteiger partial charge in [0.2, 0.25) is 5.91 Å². The molecule has 32 heavy (non-hydrogen) atoms. The number of hydrogen-bond donors (Lipinski definition) is 2. The number of likely N-dealkylation sites (N-methyl/N-ethyl adjacent to an activating group) is 1. The van der Waals surface area contributed by atoms with Gasteiger partial charge in [-0.15, -0.1) is 0 Å². The van der Waals surface area contributed by atoms with Crippen molar-refractivity contribution >= 4 is 22.9 Å². The fourth-order valence-electron chi connectivity index (χ4n) is 4.31. The van der Waals surface area contributed by atoms with Gasteiger partial charge in [0.15, 0.2) is 11.5 Å². The number of H-pyrrole nitrogens is 2. The van der Waals surface area contributed by atoms with E-state index in [1.807, 2.05) is 23.0 Å². The van der Waals surface area contributed by atoms with Crippen LogP contribution in [0, 0.1) is 6.92 Å². The molecule has 9 heteroatoms. The molecule has 1 aromatic carbocycles. The van der Waals surface area contributed by atoms with Crippen molar-refractivity contribution < 1.29 is 4.79 Å². The number of aromatic nitrogens is 6. The Morgan fingerprint density at radius 1 is 1.16 bits per heavy atom. The highest BCUT2D eigenvalue weighted by Gasteiger charge is 2.31. The van der Waals surface area contributed by atoms with Crippen LogP contribution in [0.15, 0.2) is 43.1 Å². The molecule has 1 aliphatic rings. The van der Waals surface area contributed by atoms with Crippen molar-refractivity contribution in [3.63, 3.8) is 0 Å². The summed E-state index contributed by atoms with van der Waals surface area (Å²) in [4.78, 5) is 41.0. The quantitative estimate of drug-likeness (QED) is 0.503. The van der Waals surface area contributed by atoms with Crippen LogP contribution in [0.5, 0.6) is 0 Å². The van der Waals surface area contributed by atoms with Crippen LogP contribution < -0.4 is 4.90 Å². The molecule has 164 valence electrons. The maximum Gasteiger partial charge on any atom is 0.242 e. The average molecular weight is 431 g/mol. The average Bonchev–Trinajstić information content (AvgIpc) is 3.49. The second-order valence-corrected chi connectivity index (χ2v) is 8.30. The van der Waals surface area contributed by atoms with Gasteiger partial charge in [-0.1, -0.05) is 29.8 Å². The summed E-state index contributed by atoms with van der Waals surface area (Å²) in [5.74, 6) is 1.56. The molecule has 1 amide bonds. The summed E-state index contributed by atoms with van der Waals surface area (Å²) in [5.41, 5.74) is 4.60. The highest BCUT2D eigenvalue weighted by molar-refractivity contribution is 5.87. The topological polar surface area (TPSA) is 107 Å². The molecule has 4 heterocycles. The number of amides is 1. The summed E-state index contributed by atoms with van der Waals surface area (Å²) in [6, 6.07) is 8.30. The van der Waals surface area contributed by atoms with Crippen molar-refractivity contribution in [2.75, 3.05) is 25.0 Å². The lowest BCUT2D eigenvalue weighted by molar-refractivity contribution is -0.133. The predicted octanol–water partition coefficient (Wildman–Crippen LogP) is 3.24. The Labute approximate surface area is 185 Å². The molecule has 2 N–H and O–H groups in total. The van der Waals surface area contributed by atoms with Gasteiger partial charge >= 0.3 is 0 Å². The van der Waals surface area contributed by atoms with E-state index in [1.165, 1.54) is 11.9 Å². The Balaban J connectivity index is 1.35. The Hall–Kier alpha value is -3.75. The Kier molecular flexibility index (Phi) is 5.30. The van der Waals surface area contributed by atoms with Crippen molar-refractivity contribution in [2.24, 2.45) is 0 Å². The molecule has 5 rings (SSSR count). The van der Waals surface area contributed by atoms with Gasteiger partial charge in [-0.25, -0.2) is 19.9 Å². The number of benzene rings is 1. The van der Waals surface area contributed by atoms with Crippen molar-refractivity contribution in [2.45, 2.75) is 32.2 Å². The van der Waals surface area contributed by atoms with E-state index in [0.29, 0.717) is 11.5 Å². The van der Waals surface area contributed by atoms with Crippen LogP contribution in [0.4, 0.5) is 5.82 Å². The lowest BCUT2D eigenvalue weighted by atomic mass is 10.0. The summed E-state index contributed by atoms with van der Waals surface area (Å²) < 4.78 is 0. The van der Waals surface area contributed by atoms with Gasteiger partial charge in [0.1, 0.15) is 17.7 Å². The second kappa shape index (κ2) is 8.41. The zero-order valence-corrected chi connectivity index (χ0v) is 18.2. The first kappa shape index (κ1) is 20.2. The van der Waals surface area contributed by atoms with Gasteiger partial charge in [-0.05, 0) is 31.7 Å². The van der Waals surface area contributed by atoms with Gasteiger partial charge in [0.05, 0.1) is 30.8 Å². The number of aromatic amines is 2. The third-order valence-corrected chi connectivity index (χ3v) is 6.03. The first-order valence-corrected chi connectivity index (χ1v) is 10.9. The number of hydrogen-bond acceptors (Lipinski definition) is 6. The minimum absolute atomic E-state index is 0.0526. The zero-order valence-electron chi connectivity index (χ0n) is 18.2. The molecule has 0 bridgehead atoms. The molecule has 0 aliphatic carbocycles. The SMILES string of the molecule is Cc1ccc(-c2cnc(C3CCCCN3C(=O)CN(C)c3ncnc4nc[nH]c34)[nH]2)cc1. The number of fused-ring (bicyclic) bond motifs is 1. The van der Waals surface area contributed by atoms with Crippen LogP contribution in [-0.4, -0.2) is 60.8 Å². The van der Waals surface area contributed by atoms with E-state index >= 15 is 0 Å². The van der Waals surface area contributed by atoms with E-state index in [0.717, 1.165) is 48.4 Å². The fourth-order valence-corrected chi connectivity index (χ4v) is 4.31. The molecule has 3 aromatic heterocycles. The van der Waals surface area contributed by atoms with Crippen LogP contribution in [0.3, 0.4) is 0 Å². The van der Waals surface area contributed by atoms with Gasteiger partial charge in [0.25, 0.3) is 0 Å². The maximum absolute atomic E-state index is 13.3. The molecular weight excluding hydrogens is 404 g/mol. The van der Waals surface area contributed by atoms with Crippen molar-refractivity contribution in [3.05, 3.63) is 54.5 Å². The number of aryl methyl sites for hydroxylation is 1. The van der Waals surface area contributed by atoms with Gasteiger partial charge in [-0.3, -0.25) is 4.79 Å². The fraction of sp³-hybridized carbons (Fsp3) is 0.348. The molecule has 4 aromatic rings. The Bertz CT molecular complexity index is 1230. The number of imidazole rings is 2. The molecule has 1 atom stereocenters. The number of rotatable bonds is 5. The highest BCUT2D eigenvalue weighted by Crippen LogP contribution is 2.31. The predicted molar refractivity (Wildman–Crippen MR) is 122 cm³/mol. The summed E-state index contributed by atoms with van der Waals surface area (Å²) >= 11 is 0. The summed E-state index contributed by atoms with van der Waals surface area (Å²) in [6.07, 6.45) is 7.88. The number of anilines is 1. The molecule has 0 radical (unpaired) electrons. The highest BCUT2D eigenvalue weighted by atomic mass is 16.2. The second-order valence-electron chi connectivity index (χ2n) is 8.30. The summed E-state index contributed by atoms with van der Waals surface area (Å²) in [7, 11) is 1.86. The summed E-state index contributed by atoms with van der Waals surface area (Å²) in [5, 5.41) is 0. The minimum Gasteiger partial charge on any atom is -0.348 e. The third-order valence-electron chi connectivity index (χ3n) is 6.03. The first-order chi connectivity index (χ1) is 15.6. The molecule has 0 saturated carbocycles. The Morgan fingerprint density at radius 2 is 2.00 bits per heavy atom. The monoisotopic (exact) mass is 430 g/mol. The molecule has 1 unspecified atom stereocenters. The van der Waals surface area contributed by atoms with E-state index in [1.54, 1.807) is 6.33 Å². The number of nitrogens with one attached hydrogen (secondary N) is 2. The van der Waals surface area contributed by atoms with E-state index in [2.05, 4.69) is 61.1 Å². The first-order valence-electron chi connectivity index (χ1n) is 10.9. The molecular formula is C23H26N8O. The van der Waals surface area contributed by atoms with Crippen molar-refractivity contribution in [3.8, 4) is 11.3 Å². The number of carbonyl (C=O) groups excluding carboxylic acids is 1. The summed E-state index contributed by atoms with van der Waals surface area (Å²) in [6.45, 7) is 3.01. The smallest absolute Gasteiger partial charge is 0.242 e. The number of piperidine rings is 1. The van der Waals surface area contributed by atoms with Gasteiger partial charge in [0, 0.05) is 13.6 Å². The number of nitrogens with zero attached hydrogens (tertiary/aromatic N) is 6. The van der Waals surface area contributed by atoms with E-state index in [-0.39, 0.29) is 18.5 Å². The minimum atomic E-state index is -0.0542. The molecule has 0 spiro atoms. The molecule has 9 nitrogen and oxygen atoms in total. The largest absolute Gasteiger partial charge is 0.348 e. The normalized spacial score (nSPS) is 16.4. The molecule has 1 aliphatic heterocycles. The molecule has 1 saturated heterocycles. The maximum atomic E-state index is 13.3. The van der Waals surface area contributed by atoms with Crippen LogP contribution >= 0.6 is 0 Å². The van der Waals surface area contributed by atoms with E-state index in [4.69, 9.17) is 0 Å². The Morgan fingerprint density at radius 3 is 2.84 bits per heavy atom. The van der Waals surface area contributed by atoms with E-state index in [9.17, 15) is 4.79 Å². The van der Waals surface area contributed by atoms with Crippen LogP contribution in [0.25, 0.3) is 22.4 Å². The standard InChI is InChI=1S/C23H26N8O/c1-15-6-8-16(9-7-15)17-11-24-21(29-17)18-5-3-4-10-31(18)19(32)12-30(2)23-20-22(26-13-25-20)27-14-28-23/h6-9,11,13-14,18H,3-5,10,12H2,1-2H3,(H,24,29)(H,25,26,27,28). The van der Waals surface area contributed by atoms with Crippen LogP contribution in [0.1, 0.15) is 36.7 Å². The third kappa shape index (κ3) is 3.81. The van der Waals surface area contributed by atoms with Gasteiger partial charge < -0.3 is 19.8 Å². The van der Waals surface area contributed by atoms with Gasteiger partial charge in [-0.2, -0.15) is 0 Å². The molecule has 1 fully saturated rings. The lowest BCUT2D eigenvalue weighted by Gasteiger charge is -2.35. The van der Waals surface area contributed by atoms with Crippen LogP contribution in [0.2, 0.25) is 0 Å². The van der Waals surface area contributed by atoms with E-state index < -0.39 is 0 Å².